The van der Waals surface area contributed by atoms with Gasteiger partial charge in [0.05, 0.1) is 11.3 Å². The van der Waals surface area contributed by atoms with Gasteiger partial charge >= 0.3 is 5.97 Å². The molecule has 0 saturated heterocycles. The number of aromatic amines is 1. The van der Waals surface area contributed by atoms with Gasteiger partial charge in [-0.15, -0.1) is 10.2 Å². The van der Waals surface area contributed by atoms with E-state index >= 15 is 0 Å². The van der Waals surface area contributed by atoms with E-state index in [0.29, 0.717) is 22.1 Å². The molecule has 4 rings (SSSR count). The van der Waals surface area contributed by atoms with Gasteiger partial charge in [0, 0.05) is 29.7 Å². The Morgan fingerprint density at radius 1 is 1.13 bits per heavy atom. The van der Waals surface area contributed by atoms with Crippen molar-refractivity contribution in [2.75, 3.05) is 12.4 Å². The summed E-state index contributed by atoms with van der Waals surface area (Å²) in [5.41, 5.74) is 1.65. The summed E-state index contributed by atoms with van der Waals surface area (Å²) in [7, 11) is 1.69. The number of ether oxygens (including phenoxy) is 1. The number of hydrogen-bond acceptors (Lipinski definition) is 6. The van der Waals surface area contributed by atoms with Gasteiger partial charge in [0.2, 0.25) is 5.78 Å². The molecule has 0 aliphatic heterocycles. The molecule has 0 fully saturated rings. The Labute approximate surface area is 175 Å². The second-order valence-corrected chi connectivity index (χ2v) is 7.41. The van der Waals surface area contributed by atoms with E-state index in [0.717, 1.165) is 22.7 Å². The van der Waals surface area contributed by atoms with Crippen LogP contribution < -0.4 is 0 Å². The number of rotatable bonds is 7. The quantitative estimate of drug-likeness (QED) is 0.277. The molecular formula is C21H17FN4O3S. The number of aromatic nitrogens is 4. The normalized spacial score (nSPS) is 11.0. The highest BCUT2D eigenvalue weighted by Crippen LogP contribution is 2.24. The molecule has 0 unspecified atom stereocenters. The molecule has 9 heteroatoms. The molecule has 2 aromatic carbocycles. The lowest BCUT2D eigenvalue weighted by atomic mass is 10.1. The van der Waals surface area contributed by atoms with Crippen LogP contribution in [0.3, 0.4) is 0 Å². The summed E-state index contributed by atoms with van der Waals surface area (Å²) >= 11 is 1.10. The Kier molecular flexibility index (Phi) is 5.62. The van der Waals surface area contributed by atoms with E-state index in [4.69, 9.17) is 4.74 Å². The van der Waals surface area contributed by atoms with Crippen LogP contribution in [0.1, 0.15) is 10.4 Å². The summed E-state index contributed by atoms with van der Waals surface area (Å²) in [6.45, 7) is -0.347. The molecule has 7 nitrogen and oxygen atoms in total. The molecule has 0 saturated carbocycles. The highest BCUT2D eigenvalue weighted by Gasteiger charge is 2.17. The number of fused-ring (bicyclic) bond motifs is 1. The predicted octanol–water partition coefficient (Wildman–Crippen LogP) is 3.62. The number of para-hydroxylation sites is 1. The molecule has 2 aromatic heterocycles. The predicted molar refractivity (Wildman–Crippen MR) is 111 cm³/mol. The first kappa shape index (κ1) is 19.8. The third-order valence-corrected chi connectivity index (χ3v) is 5.52. The van der Waals surface area contributed by atoms with Crippen molar-refractivity contribution in [3.63, 3.8) is 0 Å². The number of esters is 1. The van der Waals surface area contributed by atoms with Gasteiger partial charge in [-0.3, -0.25) is 9.59 Å². The van der Waals surface area contributed by atoms with Crippen molar-refractivity contribution < 1.29 is 18.7 Å². The van der Waals surface area contributed by atoms with Crippen molar-refractivity contribution in [1.29, 1.82) is 0 Å². The number of halogens is 1. The van der Waals surface area contributed by atoms with Gasteiger partial charge in [-0.2, -0.15) is 0 Å². The van der Waals surface area contributed by atoms with Crippen LogP contribution in [0, 0.1) is 5.82 Å². The fraction of sp³-hybridized carbons (Fsp3) is 0.143. The van der Waals surface area contributed by atoms with Crippen molar-refractivity contribution in [2.45, 2.75) is 5.16 Å². The van der Waals surface area contributed by atoms with Crippen molar-refractivity contribution in [1.82, 2.24) is 19.7 Å². The minimum Gasteiger partial charge on any atom is -0.457 e. The summed E-state index contributed by atoms with van der Waals surface area (Å²) < 4.78 is 20.7. The lowest BCUT2D eigenvalue weighted by Crippen LogP contribution is -2.15. The standard InChI is InChI=1S/C21H17FN4O3S/c1-26-20(14-7-2-4-8-16(14)22)24-25-21(26)30-12-19(28)29-11-18(27)15-10-23-17-9-5-3-6-13(15)17/h2-10,23H,11-12H2,1H3. The molecule has 0 atom stereocenters. The number of thioether (sulfide) groups is 1. The minimum atomic E-state index is -0.552. The summed E-state index contributed by atoms with van der Waals surface area (Å²) in [6, 6.07) is 13.7. The first-order valence-electron chi connectivity index (χ1n) is 9.06. The molecule has 1 N–H and O–H groups in total. The molecule has 0 radical (unpaired) electrons. The van der Waals surface area contributed by atoms with E-state index in [1.807, 2.05) is 24.3 Å². The van der Waals surface area contributed by atoms with Crippen molar-refractivity contribution >= 4 is 34.4 Å². The number of benzene rings is 2. The molecule has 4 aromatic rings. The third-order valence-electron chi connectivity index (χ3n) is 4.52. The van der Waals surface area contributed by atoms with E-state index < -0.39 is 11.8 Å². The molecule has 152 valence electrons. The summed E-state index contributed by atoms with van der Waals surface area (Å²) in [4.78, 5) is 27.5. The highest BCUT2D eigenvalue weighted by atomic mass is 32.2. The average Bonchev–Trinajstić information content (AvgIpc) is 3.34. The Bertz CT molecular complexity index is 1230. The van der Waals surface area contributed by atoms with E-state index in [9.17, 15) is 14.0 Å². The van der Waals surface area contributed by atoms with Crippen LogP contribution >= 0.6 is 11.8 Å². The Morgan fingerprint density at radius 3 is 2.73 bits per heavy atom. The van der Waals surface area contributed by atoms with Crippen LogP contribution in [-0.4, -0.2) is 43.9 Å². The smallest absolute Gasteiger partial charge is 0.316 e. The van der Waals surface area contributed by atoms with Gasteiger partial charge in [-0.25, -0.2) is 4.39 Å². The van der Waals surface area contributed by atoms with Crippen molar-refractivity contribution in [2.24, 2.45) is 7.05 Å². The largest absolute Gasteiger partial charge is 0.457 e. The van der Waals surface area contributed by atoms with E-state index in [1.54, 1.807) is 36.0 Å². The van der Waals surface area contributed by atoms with Crippen molar-refractivity contribution in [3.8, 4) is 11.4 Å². The van der Waals surface area contributed by atoms with Crippen LogP contribution in [0.25, 0.3) is 22.3 Å². The lowest BCUT2D eigenvalue weighted by Gasteiger charge is -2.05. The topological polar surface area (TPSA) is 89.9 Å². The van der Waals surface area contributed by atoms with Crippen LogP contribution in [-0.2, 0) is 16.6 Å². The number of H-pyrrole nitrogens is 1. The molecule has 30 heavy (non-hydrogen) atoms. The van der Waals surface area contributed by atoms with E-state index in [-0.39, 0.29) is 18.1 Å². The fourth-order valence-corrected chi connectivity index (χ4v) is 3.72. The van der Waals surface area contributed by atoms with Crippen LogP contribution in [0.2, 0.25) is 0 Å². The zero-order chi connectivity index (χ0) is 21.1. The van der Waals surface area contributed by atoms with Crippen LogP contribution in [0.15, 0.2) is 59.9 Å². The monoisotopic (exact) mass is 424 g/mol. The van der Waals surface area contributed by atoms with Gasteiger partial charge in [0.15, 0.2) is 17.6 Å². The minimum absolute atomic E-state index is 0.0512. The zero-order valence-electron chi connectivity index (χ0n) is 16.0. The second kappa shape index (κ2) is 8.50. The number of carbonyl (C=O) groups is 2. The first-order valence-corrected chi connectivity index (χ1v) is 10.0. The molecule has 0 spiro atoms. The van der Waals surface area contributed by atoms with Gasteiger partial charge in [0.1, 0.15) is 5.82 Å². The molecule has 2 heterocycles. The second-order valence-electron chi connectivity index (χ2n) is 6.47. The Hall–Kier alpha value is -3.46. The van der Waals surface area contributed by atoms with Gasteiger partial charge < -0.3 is 14.3 Å². The number of nitrogens with one attached hydrogen (secondary N) is 1. The zero-order valence-corrected chi connectivity index (χ0v) is 16.8. The molecule has 0 aliphatic carbocycles. The fourth-order valence-electron chi connectivity index (χ4n) is 3.01. The number of hydrogen-bond donors (Lipinski definition) is 1. The van der Waals surface area contributed by atoms with E-state index in [2.05, 4.69) is 15.2 Å². The number of ketones is 1. The average molecular weight is 424 g/mol. The van der Waals surface area contributed by atoms with Crippen LogP contribution in [0.5, 0.6) is 0 Å². The summed E-state index contributed by atoms with van der Waals surface area (Å²) in [5, 5.41) is 9.23. The van der Waals surface area contributed by atoms with Gasteiger partial charge in [-0.1, -0.05) is 42.1 Å². The third kappa shape index (κ3) is 3.97. The first-order chi connectivity index (χ1) is 14.5. The number of Topliss-reactive ketones (excluding diaryl/α,β-unsaturated/α-hetero) is 1. The maximum Gasteiger partial charge on any atom is 0.316 e. The van der Waals surface area contributed by atoms with Gasteiger partial charge in [-0.05, 0) is 18.2 Å². The molecular weight excluding hydrogens is 407 g/mol. The number of nitrogens with zero attached hydrogens (tertiary/aromatic N) is 3. The molecule has 0 amide bonds. The molecule has 0 bridgehead atoms. The van der Waals surface area contributed by atoms with E-state index in [1.165, 1.54) is 6.07 Å². The Balaban J connectivity index is 1.34. The molecule has 0 aliphatic rings. The summed E-state index contributed by atoms with van der Waals surface area (Å²) in [5.74, 6) is -0.933. The lowest BCUT2D eigenvalue weighted by molar-refractivity contribution is -0.139. The number of carbonyl (C=O) groups excluding carboxylic acids is 2. The highest BCUT2D eigenvalue weighted by molar-refractivity contribution is 7.99. The summed E-state index contributed by atoms with van der Waals surface area (Å²) in [6.07, 6.45) is 1.61. The SMILES string of the molecule is Cn1c(SCC(=O)OCC(=O)c2c[nH]c3ccccc23)nnc1-c1ccccc1F. The van der Waals surface area contributed by atoms with Crippen LogP contribution in [0.4, 0.5) is 4.39 Å². The maximum atomic E-state index is 14.0. The maximum absolute atomic E-state index is 14.0. The Morgan fingerprint density at radius 2 is 1.90 bits per heavy atom. The van der Waals surface area contributed by atoms with Crippen molar-refractivity contribution in [3.05, 3.63) is 66.1 Å². The van der Waals surface area contributed by atoms with Gasteiger partial charge in [0.25, 0.3) is 0 Å².